The first-order valence-electron chi connectivity index (χ1n) is 5.04. The molecule has 2 nitrogen and oxygen atoms in total. The second-order valence-corrected chi connectivity index (χ2v) is 4.73. The van der Waals surface area contributed by atoms with E-state index < -0.39 is 0 Å². The number of hydrogen-bond acceptors (Lipinski definition) is 1. The quantitative estimate of drug-likeness (QED) is 0.754. The molecule has 0 N–H and O–H groups in total. The van der Waals surface area contributed by atoms with Crippen LogP contribution in [0.15, 0.2) is 24.3 Å². The van der Waals surface area contributed by atoms with Gasteiger partial charge in [0.1, 0.15) is 0 Å². The van der Waals surface area contributed by atoms with Crippen LogP contribution in [0.4, 0.5) is 0 Å². The molecule has 1 fully saturated rings. The van der Waals surface area contributed by atoms with Crippen LogP contribution in [0.3, 0.4) is 0 Å². The normalized spacial score (nSPS) is 17.3. The monoisotopic (exact) mass is 223 g/mol. The van der Waals surface area contributed by atoms with Gasteiger partial charge < -0.3 is 4.90 Å². The SMILES string of the molecule is CN(C)C(=O)C1(c2ccc(Cl)cc2)CC1. The number of likely N-dealkylation sites (N-methyl/N-ethyl adjacent to an activating group) is 1. The van der Waals surface area contributed by atoms with Crippen LogP contribution in [0, 0.1) is 0 Å². The molecular formula is C12H14ClNO. The standard InChI is InChI=1S/C12H14ClNO/c1-14(2)11(15)12(7-8-12)9-3-5-10(13)6-4-9/h3-6H,7-8H2,1-2H3. The van der Waals surface area contributed by atoms with Gasteiger partial charge in [0.25, 0.3) is 0 Å². The Balaban J connectivity index is 2.30. The first kappa shape index (κ1) is 10.5. The Labute approximate surface area is 94.8 Å². The number of nitrogens with zero attached hydrogens (tertiary/aromatic N) is 1. The van der Waals surface area contributed by atoms with Gasteiger partial charge in [0, 0.05) is 19.1 Å². The molecule has 80 valence electrons. The van der Waals surface area contributed by atoms with Crippen molar-refractivity contribution in [1.82, 2.24) is 4.90 Å². The Morgan fingerprint density at radius 3 is 2.20 bits per heavy atom. The molecule has 0 spiro atoms. The largest absolute Gasteiger partial charge is 0.348 e. The van der Waals surface area contributed by atoms with E-state index in [1.54, 1.807) is 19.0 Å². The van der Waals surface area contributed by atoms with E-state index in [1.165, 1.54) is 0 Å². The predicted molar refractivity (Wildman–Crippen MR) is 61.1 cm³/mol. The summed E-state index contributed by atoms with van der Waals surface area (Å²) in [6.45, 7) is 0. The maximum atomic E-state index is 12.0. The van der Waals surface area contributed by atoms with Crippen LogP contribution >= 0.6 is 11.6 Å². The lowest BCUT2D eigenvalue weighted by molar-refractivity contribution is -0.131. The minimum absolute atomic E-state index is 0.199. The highest BCUT2D eigenvalue weighted by atomic mass is 35.5. The Morgan fingerprint density at radius 1 is 1.27 bits per heavy atom. The highest BCUT2D eigenvalue weighted by Gasteiger charge is 2.51. The third-order valence-corrected chi connectivity index (χ3v) is 3.21. The summed E-state index contributed by atoms with van der Waals surface area (Å²) in [7, 11) is 3.61. The molecule has 0 aliphatic heterocycles. The highest BCUT2D eigenvalue weighted by Crippen LogP contribution is 2.49. The molecular weight excluding hydrogens is 210 g/mol. The molecule has 1 aliphatic rings. The van der Waals surface area contributed by atoms with Crippen molar-refractivity contribution in [3.8, 4) is 0 Å². The molecule has 0 unspecified atom stereocenters. The van der Waals surface area contributed by atoms with Gasteiger partial charge in [-0.3, -0.25) is 4.79 Å². The topological polar surface area (TPSA) is 20.3 Å². The number of halogens is 1. The van der Waals surface area contributed by atoms with Crippen molar-refractivity contribution >= 4 is 17.5 Å². The van der Waals surface area contributed by atoms with Crippen LogP contribution in [0.25, 0.3) is 0 Å². The van der Waals surface area contributed by atoms with Gasteiger partial charge in [-0.15, -0.1) is 0 Å². The summed E-state index contributed by atoms with van der Waals surface area (Å²) >= 11 is 5.83. The number of benzene rings is 1. The van der Waals surface area contributed by atoms with Crippen molar-refractivity contribution in [3.63, 3.8) is 0 Å². The van der Waals surface area contributed by atoms with Gasteiger partial charge in [0.2, 0.25) is 5.91 Å². The minimum atomic E-state index is -0.256. The molecule has 1 saturated carbocycles. The van der Waals surface area contributed by atoms with Crippen molar-refractivity contribution in [1.29, 1.82) is 0 Å². The zero-order chi connectivity index (χ0) is 11.1. The molecule has 0 saturated heterocycles. The number of carbonyl (C=O) groups is 1. The lowest BCUT2D eigenvalue weighted by Crippen LogP contribution is -2.33. The number of hydrogen-bond donors (Lipinski definition) is 0. The molecule has 1 amide bonds. The van der Waals surface area contributed by atoms with E-state index in [-0.39, 0.29) is 11.3 Å². The zero-order valence-electron chi connectivity index (χ0n) is 8.96. The van der Waals surface area contributed by atoms with Crippen LogP contribution in [-0.2, 0) is 10.2 Å². The summed E-state index contributed by atoms with van der Waals surface area (Å²) in [5.41, 5.74) is 0.833. The van der Waals surface area contributed by atoms with E-state index in [1.807, 2.05) is 24.3 Å². The van der Waals surface area contributed by atoms with E-state index in [0.717, 1.165) is 18.4 Å². The fourth-order valence-corrected chi connectivity index (χ4v) is 2.07. The molecule has 1 aromatic rings. The van der Waals surface area contributed by atoms with Gasteiger partial charge in [0.15, 0.2) is 0 Å². The summed E-state index contributed by atoms with van der Waals surface area (Å²) in [5, 5.41) is 0.715. The third-order valence-electron chi connectivity index (χ3n) is 2.96. The number of carbonyl (C=O) groups excluding carboxylic acids is 1. The fourth-order valence-electron chi connectivity index (χ4n) is 1.95. The van der Waals surface area contributed by atoms with Crippen molar-refractivity contribution in [2.75, 3.05) is 14.1 Å². The van der Waals surface area contributed by atoms with Crippen molar-refractivity contribution in [3.05, 3.63) is 34.9 Å². The fraction of sp³-hybridized carbons (Fsp3) is 0.417. The molecule has 15 heavy (non-hydrogen) atoms. The average molecular weight is 224 g/mol. The van der Waals surface area contributed by atoms with E-state index in [9.17, 15) is 4.79 Å². The first-order chi connectivity index (χ1) is 7.06. The van der Waals surface area contributed by atoms with Gasteiger partial charge in [-0.1, -0.05) is 23.7 Å². The number of rotatable bonds is 2. The molecule has 0 aromatic heterocycles. The van der Waals surface area contributed by atoms with Gasteiger partial charge >= 0.3 is 0 Å². The lowest BCUT2D eigenvalue weighted by atomic mass is 9.95. The first-order valence-corrected chi connectivity index (χ1v) is 5.42. The van der Waals surface area contributed by atoms with Crippen molar-refractivity contribution in [2.45, 2.75) is 18.3 Å². The molecule has 2 rings (SSSR count). The van der Waals surface area contributed by atoms with Gasteiger partial charge in [0.05, 0.1) is 5.41 Å². The summed E-state index contributed by atoms with van der Waals surface area (Å²) in [6.07, 6.45) is 1.90. The zero-order valence-corrected chi connectivity index (χ0v) is 9.71. The molecule has 3 heteroatoms. The van der Waals surface area contributed by atoms with Crippen LogP contribution in [0.2, 0.25) is 5.02 Å². The molecule has 1 aromatic carbocycles. The molecule has 0 radical (unpaired) electrons. The maximum absolute atomic E-state index is 12.0. The van der Waals surface area contributed by atoms with Gasteiger partial charge in [-0.05, 0) is 30.5 Å². The van der Waals surface area contributed by atoms with Gasteiger partial charge in [-0.2, -0.15) is 0 Å². The maximum Gasteiger partial charge on any atom is 0.232 e. The Bertz CT molecular complexity index is 379. The lowest BCUT2D eigenvalue weighted by Gasteiger charge is -2.19. The van der Waals surface area contributed by atoms with Crippen LogP contribution in [0.5, 0.6) is 0 Å². The molecule has 0 heterocycles. The van der Waals surface area contributed by atoms with Crippen LogP contribution in [0.1, 0.15) is 18.4 Å². The number of amides is 1. The Morgan fingerprint density at radius 2 is 1.80 bits per heavy atom. The Kier molecular flexibility index (Phi) is 2.47. The van der Waals surface area contributed by atoms with Crippen LogP contribution < -0.4 is 0 Å². The third kappa shape index (κ3) is 1.74. The predicted octanol–water partition coefficient (Wildman–Crippen LogP) is 2.46. The van der Waals surface area contributed by atoms with E-state index in [0.29, 0.717) is 5.02 Å². The summed E-state index contributed by atoms with van der Waals surface area (Å²) in [4.78, 5) is 13.7. The summed E-state index contributed by atoms with van der Waals surface area (Å²) < 4.78 is 0. The second kappa shape index (κ2) is 3.53. The van der Waals surface area contributed by atoms with Gasteiger partial charge in [-0.25, -0.2) is 0 Å². The minimum Gasteiger partial charge on any atom is -0.348 e. The average Bonchev–Trinajstić information content (AvgIpc) is 2.99. The summed E-state index contributed by atoms with van der Waals surface area (Å²) in [5.74, 6) is 0.199. The highest BCUT2D eigenvalue weighted by molar-refractivity contribution is 6.30. The second-order valence-electron chi connectivity index (χ2n) is 4.29. The smallest absolute Gasteiger partial charge is 0.232 e. The summed E-state index contributed by atoms with van der Waals surface area (Å²) in [6, 6.07) is 7.60. The Hall–Kier alpha value is -1.02. The van der Waals surface area contributed by atoms with E-state index >= 15 is 0 Å². The van der Waals surface area contributed by atoms with E-state index in [2.05, 4.69) is 0 Å². The molecule has 0 bridgehead atoms. The molecule has 0 atom stereocenters. The van der Waals surface area contributed by atoms with Crippen molar-refractivity contribution in [2.24, 2.45) is 0 Å². The van der Waals surface area contributed by atoms with Crippen LogP contribution in [-0.4, -0.2) is 24.9 Å². The van der Waals surface area contributed by atoms with Crippen molar-refractivity contribution < 1.29 is 4.79 Å². The van der Waals surface area contributed by atoms with E-state index in [4.69, 9.17) is 11.6 Å². The molecule has 1 aliphatic carbocycles.